The fraction of sp³-hybridized carbons (Fsp3) is 0.516. The van der Waals surface area contributed by atoms with Gasteiger partial charge in [-0.15, -0.1) is 0 Å². The second-order valence-corrected chi connectivity index (χ2v) is 12.7. The number of piperidine rings is 2. The van der Waals surface area contributed by atoms with Gasteiger partial charge in [-0.1, -0.05) is 11.6 Å². The van der Waals surface area contributed by atoms with Crippen molar-refractivity contribution in [2.75, 3.05) is 42.5 Å². The maximum atomic E-state index is 15.3. The molecule has 3 saturated heterocycles. The van der Waals surface area contributed by atoms with Gasteiger partial charge in [0, 0.05) is 62.9 Å². The average Bonchev–Trinajstić information content (AvgIpc) is 3.23. The van der Waals surface area contributed by atoms with E-state index in [4.69, 9.17) is 11.6 Å². The summed E-state index contributed by atoms with van der Waals surface area (Å²) < 4.78 is 15.3. The molecule has 0 aromatic heterocycles. The van der Waals surface area contributed by atoms with Crippen molar-refractivity contribution in [3.05, 3.63) is 58.4 Å². The molecule has 4 fully saturated rings. The minimum atomic E-state index is -0.344. The van der Waals surface area contributed by atoms with Gasteiger partial charge in [0.1, 0.15) is 17.7 Å². The number of nitrogens with zero attached hydrogens (tertiary/aromatic N) is 4. The third kappa shape index (κ3) is 4.78. The van der Waals surface area contributed by atoms with E-state index in [2.05, 4.69) is 22.8 Å². The Morgan fingerprint density at radius 1 is 1.03 bits per heavy atom. The number of amides is 1. The van der Waals surface area contributed by atoms with Crippen LogP contribution in [0.15, 0.2) is 36.4 Å². The van der Waals surface area contributed by atoms with Crippen molar-refractivity contribution < 1.29 is 14.0 Å². The van der Waals surface area contributed by atoms with Crippen LogP contribution in [0.1, 0.15) is 67.8 Å². The van der Waals surface area contributed by atoms with Crippen LogP contribution in [-0.4, -0.2) is 55.4 Å². The molecular weight excluding hydrogens is 515 g/mol. The van der Waals surface area contributed by atoms with Crippen molar-refractivity contribution in [3.63, 3.8) is 0 Å². The third-order valence-corrected chi connectivity index (χ3v) is 10.1. The number of hydrogen-bond acceptors (Lipinski definition) is 5. The number of nitriles is 1. The molecule has 2 aromatic carbocycles. The van der Waals surface area contributed by atoms with E-state index in [1.807, 2.05) is 12.1 Å². The lowest BCUT2D eigenvalue weighted by molar-refractivity contribution is -0.135. The molecule has 1 amide bonds. The van der Waals surface area contributed by atoms with Crippen molar-refractivity contribution in [1.29, 1.82) is 5.26 Å². The molecule has 1 saturated carbocycles. The number of hydrogen-bond donors (Lipinski definition) is 0. The molecule has 0 unspecified atom stereocenters. The number of carbonyl (C=O) groups excluding carboxylic acids is 2. The summed E-state index contributed by atoms with van der Waals surface area (Å²) >= 11 is 6.31. The number of ketones is 1. The number of likely N-dealkylation sites (tertiary alicyclic amines) is 1. The number of rotatable bonds is 3. The summed E-state index contributed by atoms with van der Waals surface area (Å²) in [6.07, 6.45) is 6.02. The second-order valence-electron chi connectivity index (χ2n) is 12.3. The lowest BCUT2D eigenvalue weighted by Crippen LogP contribution is -2.49. The van der Waals surface area contributed by atoms with Gasteiger partial charge in [-0.05, 0) is 86.3 Å². The zero-order valence-electron chi connectivity index (χ0n) is 22.4. The largest absolute Gasteiger partial charge is 0.369 e. The first-order valence-corrected chi connectivity index (χ1v) is 14.4. The van der Waals surface area contributed by atoms with Gasteiger partial charge in [0.2, 0.25) is 0 Å². The molecule has 6 nitrogen and oxygen atoms in total. The van der Waals surface area contributed by atoms with Crippen molar-refractivity contribution >= 4 is 34.7 Å². The van der Waals surface area contributed by atoms with Gasteiger partial charge in [-0.2, -0.15) is 5.26 Å². The minimum Gasteiger partial charge on any atom is -0.369 e. The Balaban J connectivity index is 1.07. The van der Waals surface area contributed by atoms with Crippen LogP contribution in [0.25, 0.3) is 0 Å². The van der Waals surface area contributed by atoms with Gasteiger partial charge in [-0.3, -0.25) is 9.59 Å². The average molecular weight is 549 g/mol. The molecule has 1 atom stereocenters. The number of halogens is 2. The summed E-state index contributed by atoms with van der Waals surface area (Å²) in [5, 5.41) is 9.67. The maximum Gasteiger partial charge on any atom is 0.253 e. The van der Waals surface area contributed by atoms with Crippen LogP contribution in [-0.2, 0) is 4.79 Å². The summed E-state index contributed by atoms with van der Waals surface area (Å²) in [4.78, 5) is 30.8. The Labute approximate surface area is 234 Å². The third-order valence-electron chi connectivity index (χ3n) is 9.79. The van der Waals surface area contributed by atoms with E-state index in [0.29, 0.717) is 59.6 Å². The Bertz CT molecular complexity index is 1340. The van der Waals surface area contributed by atoms with E-state index in [9.17, 15) is 14.9 Å². The van der Waals surface area contributed by atoms with E-state index < -0.39 is 0 Å². The van der Waals surface area contributed by atoms with Crippen LogP contribution in [0.4, 0.5) is 15.8 Å². The van der Waals surface area contributed by atoms with Crippen molar-refractivity contribution in [2.45, 2.75) is 57.9 Å². The molecule has 6 rings (SSSR count). The zero-order chi connectivity index (χ0) is 27.4. The van der Waals surface area contributed by atoms with E-state index >= 15 is 4.39 Å². The molecule has 3 heterocycles. The van der Waals surface area contributed by atoms with Crippen LogP contribution in [0.5, 0.6) is 0 Å². The quantitative estimate of drug-likeness (QED) is 0.483. The molecule has 39 heavy (non-hydrogen) atoms. The lowest BCUT2D eigenvalue weighted by atomic mass is 9.62. The van der Waals surface area contributed by atoms with Crippen LogP contribution >= 0.6 is 11.6 Å². The molecule has 8 heteroatoms. The lowest BCUT2D eigenvalue weighted by Gasteiger charge is -2.46. The highest BCUT2D eigenvalue weighted by molar-refractivity contribution is 6.32. The first-order chi connectivity index (χ1) is 18.7. The predicted octanol–water partition coefficient (Wildman–Crippen LogP) is 5.82. The van der Waals surface area contributed by atoms with Crippen LogP contribution < -0.4 is 9.80 Å². The Morgan fingerprint density at radius 3 is 2.33 bits per heavy atom. The first kappa shape index (κ1) is 26.1. The van der Waals surface area contributed by atoms with Gasteiger partial charge >= 0.3 is 0 Å². The smallest absolute Gasteiger partial charge is 0.253 e. The number of Topliss-reactive ketones (excluding diaryl/α,β-unsaturated/α-hetero) is 1. The summed E-state index contributed by atoms with van der Waals surface area (Å²) in [7, 11) is 0. The maximum absolute atomic E-state index is 15.3. The Kier molecular flexibility index (Phi) is 6.58. The van der Waals surface area contributed by atoms with E-state index in [0.717, 1.165) is 57.4 Å². The standard InChI is InChI=1S/C31H34ClFN4O2/c1-21-16-31(20-37(21)24-4-2-23(19-34)26(32)15-24)8-10-35(11-9-31)28-5-3-22(14-27(28)33)29(39)36-12-6-30(7-13-36)17-25(38)18-30/h2-5,14-15,21H,6-13,16-18,20H2,1H3/t21-/m1/s1. The van der Waals surface area contributed by atoms with Crippen LogP contribution in [0, 0.1) is 28.0 Å². The van der Waals surface area contributed by atoms with Gasteiger partial charge in [0.25, 0.3) is 5.91 Å². The summed E-state index contributed by atoms with van der Waals surface area (Å²) in [5.41, 5.74) is 2.76. The second kappa shape index (κ2) is 9.82. The molecule has 2 spiro atoms. The fourth-order valence-electron chi connectivity index (χ4n) is 7.42. The summed E-state index contributed by atoms with van der Waals surface area (Å²) in [6, 6.07) is 13.0. The van der Waals surface area contributed by atoms with E-state index in [-0.39, 0.29) is 22.6 Å². The van der Waals surface area contributed by atoms with Gasteiger partial charge in [0.05, 0.1) is 16.3 Å². The molecule has 2 aromatic rings. The zero-order valence-corrected chi connectivity index (χ0v) is 23.1. The molecule has 0 bridgehead atoms. The highest BCUT2D eigenvalue weighted by Crippen LogP contribution is 2.47. The molecule has 0 radical (unpaired) electrons. The summed E-state index contributed by atoms with van der Waals surface area (Å²) in [5.74, 6) is -0.142. The normalized spacial score (nSPS) is 23.7. The van der Waals surface area contributed by atoms with E-state index in [1.54, 1.807) is 23.1 Å². The van der Waals surface area contributed by atoms with Crippen molar-refractivity contribution in [3.8, 4) is 6.07 Å². The topological polar surface area (TPSA) is 67.7 Å². The molecule has 1 aliphatic carbocycles. The molecule has 0 N–H and O–H groups in total. The highest BCUT2D eigenvalue weighted by atomic mass is 35.5. The van der Waals surface area contributed by atoms with E-state index in [1.165, 1.54) is 6.07 Å². The number of anilines is 2. The molecule has 3 aliphatic heterocycles. The molecule has 4 aliphatic rings. The first-order valence-electron chi connectivity index (χ1n) is 14.0. The minimum absolute atomic E-state index is 0.109. The number of benzene rings is 2. The number of carbonyl (C=O) groups is 2. The Hall–Kier alpha value is -3.11. The van der Waals surface area contributed by atoms with Crippen molar-refractivity contribution in [2.24, 2.45) is 10.8 Å². The summed E-state index contributed by atoms with van der Waals surface area (Å²) in [6.45, 7) is 5.96. The van der Waals surface area contributed by atoms with Crippen LogP contribution in [0.3, 0.4) is 0 Å². The van der Waals surface area contributed by atoms with Crippen LogP contribution in [0.2, 0.25) is 5.02 Å². The van der Waals surface area contributed by atoms with Gasteiger partial charge in [0.15, 0.2) is 0 Å². The van der Waals surface area contributed by atoms with Gasteiger partial charge < -0.3 is 14.7 Å². The Morgan fingerprint density at radius 2 is 1.72 bits per heavy atom. The van der Waals surface area contributed by atoms with Crippen molar-refractivity contribution in [1.82, 2.24) is 4.90 Å². The molecular formula is C31H34ClFN4O2. The monoisotopic (exact) mass is 548 g/mol. The highest BCUT2D eigenvalue weighted by Gasteiger charge is 2.46. The molecule has 204 valence electrons. The van der Waals surface area contributed by atoms with Gasteiger partial charge in [-0.25, -0.2) is 4.39 Å². The SMILES string of the molecule is C[C@@H]1CC2(CCN(c3ccc(C(=O)N4CCC5(CC4)CC(=O)C5)cc3F)CC2)CN1c1ccc(C#N)c(Cl)c1. The predicted molar refractivity (Wildman–Crippen MR) is 150 cm³/mol. The fourth-order valence-corrected chi connectivity index (χ4v) is 7.64.